The Morgan fingerprint density at radius 2 is 1.88 bits per heavy atom. The van der Waals surface area contributed by atoms with E-state index in [2.05, 4.69) is 5.32 Å². The second kappa shape index (κ2) is 10.2. The average molecular weight is 481 g/mol. The molecule has 0 radical (unpaired) electrons. The molecule has 32 heavy (non-hydrogen) atoms. The highest BCUT2D eigenvalue weighted by Gasteiger charge is 2.34. The van der Waals surface area contributed by atoms with Crippen molar-refractivity contribution in [2.75, 3.05) is 19.0 Å². The van der Waals surface area contributed by atoms with Gasteiger partial charge in [-0.25, -0.2) is 0 Å². The summed E-state index contributed by atoms with van der Waals surface area (Å²) in [7, 11) is 1.56. The summed E-state index contributed by atoms with van der Waals surface area (Å²) < 4.78 is 44.6. The average Bonchev–Trinajstić information content (AvgIpc) is 3.01. The van der Waals surface area contributed by atoms with Gasteiger partial charge in [-0.3, -0.25) is 14.5 Å². The zero-order valence-corrected chi connectivity index (χ0v) is 18.6. The molecule has 0 bridgehead atoms. The Hall–Kier alpha value is -2.85. The number of hydrogen-bond acceptors (Lipinski definition) is 5. The first-order valence-corrected chi connectivity index (χ1v) is 10.8. The molecule has 3 rings (SSSR count). The zero-order chi connectivity index (χ0) is 23.3. The van der Waals surface area contributed by atoms with Crippen molar-refractivity contribution in [2.45, 2.75) is 19.0 Å². The highest BCUT2D eigenvalue weighted by atomic mass is 32.2. The molecule has 2 aromatic carbocycles. The molecule has 1 saturated heterocycles. The number of thioether (sulfide) groups is 1. The van der Waals surface area contributed by atoms with Crippen molar-refractivity contribution in [2.24, 2.45) is 0 Å². The van der Waals surface area contributed by atoms with Crippen LogP contribution in [0.15, 0.2) is 53.4 Å². The molecule has 1 aliphatic rings. The molecule has 2 aromatic rings. The Morgan fingerprint density at radius 3 is 2.53 bits per heavy atom. The molecule has 10 heteroatoms. The number of ether oxygens (including phenoxy) is 1. The number of para-hydroxylation sites is 1. The van der Waals surface area contributed by atoms with Crippen LogP contribution in [0.3, 0.4) is 0 Å². The van der Waals surface area contributed by atoms with E-state index < -0.39 is 17.6 Å². The quantitative estimate of drug-likeness (QED) is 0.429. The Morgan fingerprint density at radius 1 is 1.19 bits per heavy atom. The number of amides is 2. The molecular weight excluding hydrogens is 461 g/mol. The summed E-state index contributed by atoms with van der Waals surface area (Å²) in [5.41, 5.74) is -0.388. The molecule has 0 saturated carbocycles. The van der Waals surface area contributed by atoms with E-state index in [1.165, 1.54) is 23.1 Å². The fraction of sp³-hybridized carbons (Fsp3) is 0.227. The Bertz CT molecular complexity index is 1050. The largest absolute Gasteiger partial charge is 0.497 e. The monoisotopic (exact) mass is 480 g/mol. The summed E-state index contributed by atoms with van der Waals surface area (Å²) in [4.78, 5) is 26.7. The SMILES string of the molecule is COc1ccc(/C=C2\SC(=S)N(CCCC(=O)Nc3ccccc3C(F)(F)F)C2=O)cc1. The molecule has 5 nitrogen and oxygen atoms in total. The molecule has 1 fully saturated rings. The molecule has 0 spiro atoms. The number of nitrogens with zero attached hydrogens (tertiary/aromatic N) is 1. The second-order valence-electron chi connectivity index (χ2n) is 6.80. The van der Waals surface area contributed by atoms with Gasteiger partial charge in [0.05, 0.1) is 23.3 Å². The van der Waals surface area contributed by atoms with Crippen LogP contribution in [0.2, 0.25) is 0 Å². The lowest BCUT2D eigenvalue weighted by Crippen LogP contribution is -2.29. The topological polar surface area (TPSA) is 58.6 Å². The maximum absolute atomic E-state index is 13.0. The number of nitrogens with one attached hydrogen (secondary N) is 1. The van der Waals surface area contributed by atoms with Crippen LogP contribution in [0.4, 0.5) is 18.9 Å². The highest BCUT2D eigenvalue weighted by Crippen LogP contribution is 2.35. The van der Waals surface area contributed by atoms with Crippen molar-refractivity contribution in [3.05, 3.63) is 64.6 Å². The lowest BCUT2D eigenvalue weighted by molar-refractivity contribution is -0.137. The van der Waals surface area contributed by atoms with Gasteiger partial charge in [-0.2, -0.15) is 13.2 Å². The van der Waals surface area contributed by atoms with E-state index in [0.717, 1.165) is 23.4 Å². The molecule has 1 aliphatic heterocycles. The lowest BCUT2D eigenvalue weighted by Gasteiger charge is -2.15. The maximum Gasteiger partial charge on any atom is 0.418 e. The van der Waals surface area contributed by atoms with Crippen LogP contribution < -0.4 is 10.1 Å². The smallest absolute Gasteiger partial charge is 0.418 e. The Labute approximate surface area is 192 Å². The Kier molecular flexibility index (Phi) is 7.57. The number of anilines is 1. The minimum atomic E-state index is -4.57. The number of benzene rings is 2. The van der Waals surface area contributed by atoms with Crippen molar-refractivity contribution in [3.8, 4) is 5.75 Å². The molecule has 0 atom stereocenters. The summed E-state index contributed by atoms with van der Waals surface area (Å²) in [6.07, 6.45) is -2.65. The summed E-state index contributed by atoms with van der Waals surface area (Å²) in [5.74, 6) is -0.134. The van der Waals surface area contributed by atoms with E-state index in [1.54, 1.807) is 25.3 Å². The predicted molar refractivity (Wildman–Crippen MR) is 122 cm³/mol. The normalized spacial score (nSPS) is 15.4. The molecule has 0 aromatic heterocycles. The van der Waals surface area contributed by atoms with Gasteiger partial charge < -0.3 is 10.1 Å². The first kappa shape index (κ1) is 23.8. The maximum atomic E-state index is 13.0. The van der Waals surface area contributed by atoms with Crippen molar-refractivity contribution < 1.29 is 27.5 Å². The fourth-order valence-electron chi connectivity index (χ4n) is 2.99. The van der Waals surface area contributed by atoms with Crippen molar-refractivity contribution in [1.29, 1.82) is 0 Å². The second-order valence-corrected chi connectivity index (χ2v) is 8.48. The summed E-state index contributed by atoms with van der Waals surface area (Å²) in [6, 6.07) is 12.0. The predicted octanol–water partition coefficient (Wildman–Crippen LogP) is 5.33. The van der Waals surface area contributed by atoms with E-state index in [1.807, 2.05) is 12.1 Å². The van der Waals surface area contributed by atoms with Gasteiger partial charge in [0.2, 0.25) is 5.91 Å². The van der Waals surface area contributed by atoms with E-state index in [9.17, 15) is 22.8 Å². The first-order valence-electron chi connectivity index (χ1n) is 9.54. The van der Waals surface area contributed by atoms with Gasteiger partial charge in [-0.1, -0.05) is 48.2 Å². The van der Waals surface area contributed by atoms with Crippen LogP contribution in [-0.2, 0) is 15.8 Å². The minimum absolute atomic E-state index is 0.0548. The third kappa shape index (κ3) is 5.89. The van der Waals surface area contributed by atoms with Crippen LogP contribution in [0.1, 0.15) is 24.0 Å². The van der Waals surface area contributed by atoms with Crippen LogP contribution in [0.25, 0.3) is 6.08 Å². The number of carbonyl (C=O) groups excluding carboxylic acids is 2. The summed E-state index contributed by atoms with van der Waals surface area (Å²) in [6.45, 7) is 0.193. The van der Waals surface area contributed by atoms with Gasteiger partial charge in [0.25, 0.3) is 5.91 Å². The van der Waals surface area contributed by atoms with Crippen LogP contribution in [0.5, 0.6) is 5.75 Å². The number of methoxy groups -OCH3 is 1. The summed E-state index contributed by atoms with van der Waals surface area (Å²) >= 11 is 6.44. The molecule has 1 N–H and O–H groups in total. The third-order valence-corrected chi connectivity index (χ3v) is 5.96. The van der Waals surface area contributed by atoms with Gasteiger partial charge in [-0.05, 0) is 42.3 Å². The molecule has 1 heterocycles. The van der Waals surface area contributed by atoms with E-state index in [-0.39, 0.29) is 31.0 Å². The van der Waals surface area contributed by atoms with Gasteiger partial charge in [-0.15, -0.1) is 0 Å². The first-order chi connectivity index (χ1) is 15.2. The number of halogens is 3. The number of hydrogen-bond donors (Lipinski definition) is 1. The number of thiocarbonyl (C=S) groups is 1. The van der Waals surface area contributed by atoms with E-state index in [4.69, 9.17) is 17.0 Å². The minimum Gasteiger partial charge on any atom is -0.497 e. The van der Waals surface area contributed by atoms with E-state index in [0.29, 0.717) is 15.0 Å². The molecule has 168 valence electrons. The molecule has 0 unspecified atom stereocenters. The summed E-state index contributed by atoms with van der Waals surface area (Å²) in [5, 5.41) is 2.29. The fourth-order valence-corrected chi connectivity index (χ4v) is 4.30. The highest BCUT2D eigenvalue weighted by molar-refractivity contribution is 8.26. The number of alkyl halides is 3. The number of rotatable bonds is 7. The molecule has 0 aliphatic carbocycles. The van der Waals surface area contributed by atoms with Crippen LogP contribution in [0, 0.1) is 0 Å². The van der Waals surface area contributed by atoms with E-state index >= 15 is 0 Å². The van der Waals surface area contributed by atoms with Crippen LogP contribution >= 0.6 is 24.0 Å². The third-order valence-electron chi connectivity index (χ3n) is 4.58. The van der Waals surface area contributed by atoms with Gasteiger partial charge >= 0.3 is 6.18 Å². The lowest BCUT2D eigenvalue weighted by atomic mass is 10.1. The van der Waals surface area contributed by atoms with Crippen molar-refractivity contribution in [1.82, 2.24) is 4.90 Å². The zero-order valence-electron chi connectivity index (χ0n) is 16.9. The van der Waals surface area contributed by atoms with Crippen LogP contribution in [-0.4, -0.2) is 34.7 Å². The van der Waals surface area contributed by atoms with Gasteiger partial charge in [0, 0.05) is 13.0 Å². The van der Waals surface area contributed by atoms with Gasteiger partial charge in [0.15, 0.2) is 0 Å². The Balaban J connectivity index is 1.56. The molecular formula is C22H19F3N2O3S2. The number of carbonyl (C=O) groups is 2. The molecule has 2 amide bonds. The van der Waals surface area contributed by atoms with Crippen molar-refractivity contribution in [3.63, 3.8) is 0 Å². The van der Waals surface area contributed by atoms with Crippen molar-refractivity contribution >= 4 is 51.9 Å². The van der Waals surface area contributed by atoms with Gasteiger partial charge in [0.1, 0.15) is 10.1 Å². The standard InChI is InChI=1S/C22H19F3N2O3S2/c1-30-15-10-8-14(9-11-15)13-18-20(29)27(21(31)32-18)12-4-7-19(28)26-17-6-3-2-5-16(17)22(23,24)25/h2-3,5-6,8-11,13H,4,7,12H2,1H3,(H,26,28)/b18-13-.